The number of carbonyl (C=O) groups is 4. The Morgan fingerprint density at radius 1 is 0.873 bits per heavy atom. The average Bonchev–Trinajstić information content (AvgIpc) is 4.07. The molecule has 4 amide bonds. The number of nitrogens with one attached hydrogen (secondary N) is 2. The smallest absolute Gasteiger partial charge is 0.263 e. The molecule has 11 rings (SSSR count). The van der Waals surface area contributed by atoms with Crippen molar-refractivity contribution in [2.24, 2.45) is 10.8 Å². The second kappa shape index (κ2) is 14.7. The highest BCUT2D eigenvalue weighted by Crippen LogP contribution is 2.53. The predicted octanol–water partition coefficient (Wildman–Crippen LogP) is 4.24. The molecule has 4 saturated heterocycles. The molecule has 1 unspecified atom stereocenters. The van der Waals surface area contributed by atoms with Gasteiger partial charge in [-0.3, -0.25) is 38.8 Å². The summed E-state index contributed by atoms with van der Waals surface area (Å²) in [5.74, 6) is -1.46. The van der Waals surface area contributed by atoms with Crippen LogP contribution in [0.2, 0.25) is 0 Å². The minimum Gasteiger partial charge on any atom is -0.496 e. The van der Waals surface area contributed by atoms with Gasteiger partial charge in [0.2, 0.25) is 11.8 Å². The number of likely N-dealkylation sites (tertiary alicyclic amines) is 1. The molecule has 1 aliphatic carbocycles. The highest BCUT2D eigenvalue weighted by molar-refractivity contribution is 7.92. The van der Waals surface area contributed by atoms with Crippen molar-refractivity contribution < 1.29 is 36.9 Å². The number of benzene rings is 3. The molecule has 6 aliphatic rings. The van der Waals surface area contributed by atoms with Gasteiger partial charge in [0, 0.05) is 67.8 Å². The normalized spacial score (nSPS) is 24.6. The molecule has 63 heavy (non-hydrogen) atoms. The Kier molecular flexibility index (Phi) is 9.20. The van der Waals surface area contributed by atoms with Crippen molar-refractivity contribution in [3.8, 4) is 5.75 Å². The Balaban J connectivity index is 0.677. The van der Waals surface area contributed by atoms with Crippen molar-refractivity contribution in [2.75, 3.05) is 60.9 Å². The number of carbonyl (C=O) groups excluding carboxylic acids is 4. The van der Waals surface area contributed by atoms with Crippen molar-refractivity contribution in [1.29, 1.82) is 0 Å². The molecular formula is C45H47N9O8S. The van der Waals surface area contributed by atoms with Crippen LogP contribution in [-0.2, 0) is 26.2 Å². The molecule has 2 aromatic heterocycles. The van der Waals surface area contributed by atoms with E-state index < -0.39 is 39.7 Å². The predicted molar refractivity (Wildman–Crippen MR) is 230 cm³/mol. The van der Waals surface area contributed by atoms with Crippen molar-refractivity contribution in [1.82, 2.24) is 30.1 Å². The average molecular weight is 874 g/mol. The third-order valence-electron chi connectivity index (χ3n) is 14.4. The van der Waals surface area contributed by atoms with E-state index in [0.29, 0.717) is 40.4 Å². The highest BCUT2D eigenvalue weighted by Gasteiger charge is 2.53. The molecule has 7 heterocycles. The number of piperidine rings is 2. The third kappa shape index (κ3) is 6.81. The maximum Gasteiger partial charge on any atom is 0.263 e. The van der Waals surface area contributed by atoms with E-state index in [1.54, 1.807) is 47.3 Å². The summed E-state index contributed by atoms with van der Waals surface area (Å²) in [6.07, 6.45) is 9.31. The van der Waals surface area contributed by atoms with E-state index in [1.165, 1.54) is 7.11 Å². The summed E-state index contributed by atoms with van der Waals surface area (Å²) in [5.41, 5.74) is 4.10. The summed E-state index contributed by atoms with van der Waals surface area (Å²) in [6, 6.07) is 17.5. The molecule has 3 aromatic carbocycles. The van der Waals surface area contributed by atoms with Crippen LogP contribution in [0.25, 0.3) is 11.0 Å². The first-order valence-corrected chi connectivity index (χ1v) is 23.0. The van der Waals surface area contributed by atoms with E-state index >= 15 is 0 Å². The second-order valence-corrected chi connectivity index (χ2v) is 20.0. The summed E-state index contributed by atoms with van der Waals surface area (Å²) in [7, 11) is -2.49. The molecule has 0 radical (unpaired) electrons. The first-order valence-electron chi connectivity index (χ1n) is 21.6. The number of amides is 4. The van der Waals surface area contributed by atoms with Gasteiger partial charge in [-0.15, -0.1) is 0 Å². The number of rotatable bonds is 10. The lowest BCUT2D eigenvalue weighted by Gasteiger charge is -2.58. The number of nitrogens with zero attached hydrogens (tertiary/aromatic N) is 7. The zero-order valence-electron chi connectivity index (χ0n) is 34.8. The topological polar surface area (TPSA) is 193 Å². The summed E-state index contributed by atoms with van der Waals surface area (Å²) < 4.78 is 43.1. The zero-order chi connectivity index (χ0) is 43.3. The molecule has 326 valence electrons. The van der Waals surface area contributed by atoms with Crippen LogP contribution in [0.15, 0.2) is 82.5 Å². The standard InChI is InChI=1S/C45H47N9O8S/c1-61-36-18-28(24-53-14-3-13-46-53)19-37-39(36)40(48-62-37)49-63(59,60)32-5-2-4-29(20-32)52-25-44(26-52)10-15-50(16-11-44)31-22-45(23-31)12-17-51(27-45)30-6-7-33-34(21-30)43(58)54(42(33)57)35-8-9-38(55)47-41(35)56/h2-7,13-14,18-21,31,35H,8-12,15-17,22-27H2,1H3,(H,48,49)(H,47,55,56). The maximum atomic E-state index is 13.7. The summed E-state index contributed by atoms with van der Waals surface area (Å²) >= 11 is 0. The van der Waals surface area contributed by atoms with Gasteiger partial charge in [-0.05, 0) is 117 Å². The molecule has 5 aliphatic heterocycles. The SMILES string of the molecule is COc1cc(Cn2cccn2)cc2onc(NS(=O)(=O)c3cccc(N4CC5(CCN(C6CC7(CCN(c8ccc9c(c8)C(=O)N(C8CCC(=O)NC8=O)C9=O)C7)C6)CC5)C4)c3)c12. The molecule has 17 nitrogen and oxygen atoms in total. The van der Waals surface area contributed by atoms with Gasteiger partial charge in [-0.1, -0.05) is 11.2 Å². The van der Waals surface area contributed by atoms with Gasteiger partial charge in [-0.25, -0.2) is 8.42 Å². The van der Waals surface area contributed by atoms with E-state index in [-0.39, 0.29) is 34.4 Å². The van der Waals surface area contributed by atoms with E-state index in [9.17, 15) is 27.6 Å². The van der Waals surface area contributed by atoms with Crippen LogP contribution in [0.3, 0.4) is 0 Å². The molecule has 5 aromatic rings. The van der Waals surface area contributed by atoms with Gasteiger partial charge in [0.05, 0.1) is 29.7 Å². The lowest BCUT2D eigenvalue weighted by Crippen LogP contribution is -2.63. The van der Waals surface area contributed by atoms with E-state index in [1.807, 2.05) is 30.5 Å². The van der Waals surface area contributed by atoms with Crippen LogP contribution in [0, 0.1) is 10.8 Å². The quantitative estimate of drug-likeness (QED) is 0.190. The lowest BCUT2D eigenvalue weighted by molar-refractivity contribution is -0.136. The number of methoxy groups -OCH3 is 1. The monoisotopic (exact) mass is 873 g/mol. The van der Waals surface area contributed by atoms with E-state index in [0.717, 1.165) is 93.2 Å². The van der Waals surface area contributed by atoms with E-state index in [2.05, 4.69) is 35.0 Å². The fourth-order valence-corrected chi connectivity index (χ4v) is 12.0. The minimum atomic E-state index is -4.01. The van der Waals surface area contributed by atoms with E-state index in [4.69, 9.17) is 9.26 Å². The Morgan fingerprint density at radius 3 is 2.40 bits per heavy atom. The fraction of sp³-hybridized carbons (Fsp3) is 0.422. The summed E-state index contributed by atoms with van der Waals surface area (Å²) in [4.78, 5) is 59.2. The zero-order valence-corrected chi connectivity index (χ0v) is 35.6. The number of hydrogen-bond donors (Lipinski definition) is 2. The number of imide groups is 2. The van der Waals surface area contributed by atoms with Gasteiger partial charge in [0.15, 0.2) is 11.4 Å². The largest absolute Gasteiger partial charge is 0.496 e. The molecule has 2 N–H and O–H groups in total. The number of hydrogen-bond acceptors (Lipinski definition) is 13. The van der Waals surface area contributed by atoms with Crippen molar-refractivity contribution in [3.05, 3.63) is 89.7 Å². The second-order valence-electron chi connectivity index (χ2n) is 18.3. The Labute approximate surface area is 363 Å². The minimum absolute atomic E-state index is 0.0623. The number of sulfonamides is 1. The molecular weight excluding hydrogens is 827 g/mol. The van der Waals surface area contributed by atoms with Gasteiger partial charge in [-0.2, -0.15) is 5.10 Å². The van der Waals surface area contributed by atoms with Crippen LogP contribution in [0.5, 0.6) is 5.75 Å². The van der Waals surface area contributed by atoms with Gasteiger partial charge >= 0.3 is 0 Å². The molecule has 0 bridgehead atoms. The number of anilines is 3. The summed E-state index contributed by atoms with van der Waals surface area (Å²) in [6.45, 7) is 6.11. The molecule has 1 atom stereocenters. The molecule has 1 saturated carbocycles. The van der Waals surface area contributed by atoms with Gasteiger partial charge < -0.3 is 24.0 Å². The lowest BCUT2D eigenvalue weighted by atomic mass is 9.63. The molecule has 2 spiro atoms. The van der Waals surface area contributed by atoms with Crippen LogP contribution < -0.4 is 24.6 Å². The van der Waals surface area contributed by atoms with Crippen molar-refractivity contribution in [3.63, 3.8) is 0 Å². The first-order chi connectivity index (χ1) is 30.4. The van der Waals surface area contributed by atoms with Crippen LogP contribution in [0.4, 0.5) is 17.2 Å². The van der Waals surface area contributed by atoms with Crippen LogP contribution in [-0.4, -0.2) is 115 Å². The van der Waals surface area contributed by atoms with Crippen LogP contribution in [0.1, 0.15) is 71.2 Å². The maximum absolute atomic E-state index is 13.7. The van der Waals surface area contributed by atoms with Gasteiger partial charge in [0.1, 0.15) is 17.2 Å². The van der Waals surface area contributed by atoms with Crippen LogP contribution >= 0.6 is 0 Å². The van der Waals surface area contributed by atoms with Crippen molar-refractivity contribution in [2.45, 2.75) is 68.5 Å². The fourth-order valence-electron chi connectivity index (χ4n) is 11.0. The number of ether oxygens (including phenoxy) is 1. The van der Waals surface area contributed by atoms with Gasteiger partial charge in [0.25, 0.3) is 21.8 Å². The third-order valence-corrected chi connectivity index (χ3v) is 15.8. The highest BCUT2D eigenvalue weighted by atomic mass is 32.2. The number of aromatic nitrogens is 3. The van der Waals surface area contributed by atoms with Crippen molar-refractivity contribution >= 4 is 61.8 Å². The Morgan fingerprint density at radius 2 is 1.63 bits per heavy atom. The molecule has 18 heteroatoms. The number of fused-ring (bicyclic) bond motifs is 2. The molecule has 5 fully saturated rings. The first kappa shape index (κ1) is 39.6. The Hall–Kier alpha value is -6.27. The Bertz CT molecular complexity index is 2800. The summed E-state index contributed by atoms with van der Waals surface area (Å²) in [5, 5.41) is 11.0.